The first-order valence-electron chi connectivity index (χ1n) is 5.47. The zero-order valence-corrected chi connectivity index (χ0v) is 9.42. The zero-order valence-electron chi connectivity index (χ0n) is 9.42. The molecule has 0 N–H and O–H groups in total. The average molecular weight is 185 g/mol. The van der Waals surface area contributed by atoms with Crippen molar-refractivity contribution >= 4 is 0 Å². The molecule has 0 radical (unpaired) electrons. The molecule has 1 aliphatic rings. The Kier molecular flexibility index (Phi) is 4.20. The quantitative estimate of drug-likeness (QED) is 0.665. The lowest BCUT2D eigenvalue weighted by atomic mass is 10.1. The van der Waals surface area contributed by atoms with E-state index in [1.165, 1.54) is 19.4 Å². The molecule has 13 heavy (non-hydrogen) atoms. The number of nitrogens with zero attached hydrogens (tertiary/aromatic N) is 1. The van der Waals surface area contributed by atoms with Crippen LogP contribution in [0.2, 0.25) is 0 Å². The van der Waals surface area contributed by atoms with E-state index < -0.39 is 0 Å². The van der Waals surface area contributed by atoms with Crippen molar-refractivity contribution in [3.63, 3.8) is 0 Å². The summed E-state index contributed by atoms with van der Waals surface area (Å²) in [6, 6.07) is 0. The van der Waals surface area contributed by atoms with Crippen molar-refractivity contribution in [1.29, 1.82) is 0 Å². The van der Waals surface area contributed by atoms with Crippen molar-refractivity contribution in [3.8, 4) is 0 Å². The molecular formula is C11H23NO. The minimum Gasteiger partial charge on any atom is -0.374 e. The van der Waals surface area contributed by atoms with E-state index >= 15 is 0 Å². The molecule has 0 aromatic heterocycles. The van der Waals surface area contributed by atoms with Crippen LogP contribution < -0.4 is 0 Å². The Balaban J connectivity index is 2.28. The molecule has 0 aromatic rings. The molecule has 0 amide bonds. The normalized spacial score (nSPS) is 32.3. The minimum absolute atomic E-state index is 0.434. The molecule has 0 spiro atoms. The van der Waals surface area contributed by atoms with Gasteiger partial charge in [-0.2, -0.15) is 0 Å². The van der Waals surface area contributed by atoms with Crippen LogP contribution in [0.15, 0.2) is 0 Å². The Bertz CT molecular complexity index is 149. The van der Waals surface area contributed by atoms with Crippen LogP contribution in [0.3, 0.4) is 0 Å². The van der Waals surface area contributed by atoms with Gasteiger partial charge in [0, 0.05) is 13.1 Å². The first kappa shape index (κ1) is 11.0. The van der Waals surface area contributed by atoms with Crippen molar-refractivity contribution in [2.45, 2.75) is 45.8 Å². The standard InChI is InChI=1S/C11H23NO/c1-5-6-10(3)13-11-8-12(4)7-9(11)2/h9-11H,5-8H2,1-4H3/t9-,10?,11-/m1/s1. The van der Waals surface area contributed by atoms with Gasteiger partial charge >= 0.3 is 0 Å². The monoisotopic (exact) mass is 185 g/mol. The van der Waals surface area contributed by atoms with Gasteiger partial charge < -0.3 is 9.64 Å². The maximum absolute atomic E-state index is 5.99. The number of likely N-dealkylation sites (tertiary alicyclic amines) is 1. The highest BCUT2D eigenvalue weighted by Crippen LogP contribution is 2.20. The Morgan fingerprint density at radius 1 is 1.46 bits per heavy atom. The molecule has 1 saturated heterocycles. The Morgan fingerprint density at radius 2 is 2.15 bits per heavy atom. The molecule has 1 heterocycles. The topological polar surface area (TPSA) is 12.5 Å². The molecular weight excluding hydrogens is 162 g/mol. The third kappa shape index (κ3) is 3.28. The lowest BCUT2D eigenvalue weighted by Gasteiger charge is -2.20. The highest BCUT2D eigenvalue weighted by molar-refractivity contribution is 4.80. The second kappa shape index (κ2) is 4.97. The molecule has 1 rings (SSSR count). The Morgan fingerprint density at radius 3 is 2.62 bits per heavy atom. The van der Waals surface area contributed by atoms with E-state index in [2.05, 4.69) is 32.7 Å². The van der Waals surface area contributed by atoms with Gasteiger partial charge in [-0.3, -0.25) is 0 Å². The van der Waals surface area contributed by atoms with Crippen molar-refractivity contribution < 1.29 is 4.74 Å². The van der Waals surface area contributed by atoms with Crippen LogP contribution in [0, 0.1) is 5.92 Å². The van der Waals surface area contributed by atoms with Gasteiger partial charge in [-0.25, -0.2) is 0 Å². The first-order valence-corrected chi connectivity index (χ1v) is 5.47. The smallest absolute Gasteiger partial charge is 0.0743 e. The van der Waals surface area contributed by atoms with Crippen LogP contribution in [0.5, 0.6) is 0 Å². The summed E-state index contributed by atoms with van der Waals surface area (Å²) in [5.41, 5.74) is 0. The number of ether oxygens (including phenoxy) is 1. The molecule has 1 unspecified atom stereocenters. The van der Waals surface area contributed by atoms with Gasteiger partial charge in [0.05, 0.1) is 12.2 Å². The van der Waals surface area contributed by atoms with Crippen LogP contribution in [-0.4, -0.2) is 37.2 Å². The van der Waals surface area contributed by atoms with Gasteiger partial charge in [0.1, 0.15) is 0 Å². The summed E-state index contributed by atoms with van der Waals surface area (Å²) in [6.07, 6.45) is 3.31. The molecule has 78 valence electrons. The average Bonchev–Trinajstić information content (AvgIpc) is 2.30. The van der Waals surface area contributed by atoms with Crippen LogP contribution in [0.25, 0.3) is 0 Å². The van der Waals surface area contributed by atoms with Crippen molar-refractivity contribution in [3.05, 3.63) is 0 Å². The lowest BCUT2D eigenvalue weighted by molar-refractivity contribution is -0.0167. The zero-order chi connectivity index (χ0) is 9.84. The highest BCUT2D eigenvalue weighted by atomic mass is 16.5. The molecule has 0 aromatic carbocycles. The Labute approximate surface area is 82.3 Å². The van der Waals surface area contributed by atoms with E-state index in [1.54, 1.807) is 0 Å². The molecule has 2 nitrogen and oxygen atoms in total. The van der Waals surface area contributed by atoms with Crippen LogP contribution in [0.4, 0.5) is 0 Å². The molecule has 3 atom stereocenters. The van der Waals surface area contributed by atoms with Crippen molar-refractivity contribution in [2.75, 3.05) is 20.1 Å². The summed E-state index contributed by atoms with van der Waals surface area (Å²) in [6.45, 7) is 8.98. The largest absolute Gasteiger partial charge is 0.374 e. The van der Waals surface area contributed by atoms with Crippen LogP contribution in [-0.2, 0) is 4.74 Å². The van der Waals surface area contributed by atoms with Crippen LogP contribution in [0.1, 0.15) is 33.6 Å². The third-order valence-corrected chi connectivity index (χ3v) is 2.83. The number of likely N-dealkylation sites (N-methyl/N-ethyl adjacent to an activating group) is 1. The summed E-state index contributed by atoms with van der Waals surface area (Å²) in [4.78, 5) is 2.36. The fourth-order valence-electron chi connectivity index (χ4n) is 2.12. The third-order valence-electron chi connectivity index (χ3n) is 2.83. The summed E-state index contributed by atoms with van der Waals surface area (Å²) in [7, 11) is 2.17. The molecule has 2 heteroatoms. The van der Waals surface area contributed by atoms with E-state index in [0.717, 1.165) is 6.54 Å². The van der Waals surface area contributed by atoms with E-state index in [-0.39, 0.29) is 0 Å². The lowest BCUT2D eigenvalue weighted by Crippen LogP contribution is -2.26. The van der Waals surface area contributed by atoms with Crippen LogP contribution >= 0.6 is 0 Å². The molecule has 0 aliphatic carbocycles. The maximum atomic E-state index is 5.99. The summed E-state index contributed by atoms with van der Waals surface area (Å²) in [5, 5.41) is 0. The van der Waals surface area contributed by atoms with E-state index in [0.29, 0.717) is 18.1 Å². The summed E-state index contributed by atoms with van der Waals surface area (Å²) in [5.74, 6) is 0.698. The second-order valence-corrected chi connectivity index (χ2v) is 4.47. The first-order chi connectivity index (χ1) is 6.13. The van der Waals surface area contributed by atoms with Gasteiger partial charge in [-0.1, -0.05) is 20.3 Å². The Hall–Kier alpha value is -0.0800. The fraction of sp³-hybridized carbons (Fsp3) is 1.00. The van der Waals surface area contributed by atoms with Crippen molar-refractivity contribution in [2.24, 2.45) is 5.92 Å². The van der Waals surface area contributed by atoms with Gasteiger partial charge in [0.15, 0.2) is 0 Å². The van der Waals surface area contributed by atoms with Crippen molar-refractivity contribution in [1.82, 2.24) is 4.90 Å². The second-order valence-electron chi connectivity index (χ2n) is 4.47. The van der Waals surface area contributed by atoms with Gasteiger partial charge in [0.2, 0.25) is 0 Å². The predicted molar refractivity (Wildman–Crippen MR) is 55.9 cm³/mol. The fourth-order valence-corrected chi connectivity index (χ4v) is 2.12. The van der Waals surface area contributed by atoms with Gasteiger partial charge in [0.25, 0.3) is 0 Å². The molecule has 1 aliphatic heterocycles. The summed E-state index contributed by atoms with van der Waals surface area (Å²) < 4.78 is 5.99. The van der Waals surface area contributed by atoms with Gasteiger partial charge in [-0.15, -0.1) is 0 Å². The SMILES string of the molecule is CCCC(C)O[C@@H]1CN(C)C[C@H]1C. The molecule has 0 bridgehead atoms. The molecule has 0 saturated carbocycles. The maximum Gasteiger partial charge on any atom is 0.0743 e. The highest BCUT2D eigenvalue weighted by Gasteiger charge is 2.28. The van der Waals surface area contributed by atoms with Gasteiger partial charge in [-0.05, 0) is 26.3 Å². The van der Waals surface area contributed by atoms with E-state index in [9.17, 15) is 0 Å². The van der Waals surface area contributed by atoms with E-state index in [4.69, 9.17) is 4.74 Å². The number of rotatable bonds is 4. The summed E-state index contributed by atoms with van der Waals surface area (Å²) >= 11 is 0. The van der Waals surface area contributed by atoms with E-state index in [1.807, 2.05) is 0 Å². The number of hydrogen-bond acceptors (Lipinski definition) is 2. The minimum atomic E-state index is 0.434. The number of hydrogen-bond donors (Lipinski definition) is 0. The predicted octanol–water partition coefficient (Wildman–Crippen LogP) is 2.14. The molecule has 1 fully saturated rings.